The van der Waals surface area contributed by atoms with Crippen LogP contribution in [0.25, 0.3) is 0 Å². The molecule has 0 aliphatic heterocycles. The fourth-order valence-electron chi connectivity index (χ4n) is 2.38. The topological polar surface area (TPSA) is 73.6 Å². The van der Waals surface area contributed by atoms with Gasteiger partial charge in [-0.3, -0.25) is 4.79 Å². The molecule has 0 unspecified atom stereocenters. The van der Waals surface area contributed by atoms with Crippen LogP contribution in [0.15, 0.2) is 46.9 Å². The third kappa shape index (κ3) is 6.40. The number of ether oxygens (including phenoxy) is 2. The fourth-order valence-corrected chi connectivity index (χ4v) is 2.98. The van der Waals surface area contributed by atoms with E-state index in [0.29, 0.717) is 24.7 Å². The van der Waals surface area contributed by atoms with Crippen molar-refractivity contribution in [2.75, 3.05) is 19.8 Å². The maximum absolute atomic E-state index is 10.9. The average Bonchev–Trinajstić information content (AvgIpc) is 2.59. The van der Waals surface area contributed by atoms with Gasteiger partial charge in [-0.25, -0.2) is 0 Å². The summed E-state index contributed by atoms with van der Waals surface area (Å²) in [5, 5.41) is 3.43. The lowest BCUT2D eigenvalue weighted by Gasteiger charge is -2.15. The lowest BCUT2D eigenvalue weighted by molar-refractivity contribution is -0.119. The highest BCUT2D eigenvalue weighted by Crippen LogP contribution is 2.36. The van der Waals surface area contributed by atoms with Crippen molar-refractivity contribution in [2.45, 2.75) is 19.9 Å². The number of rotatable bonds is 10. The van der Waals surface area contributed by atoms with E-state index in [0.717, 1.165) is 23.0 Å². The second-order valence-corrected chi connectivity index (χ2v) is 6.36. The van der Waals surface area contributed by atoms with Gasteiger partial charge in [0.05, 0.1) is 11.1 Å². The number of halogens is 1. The lowest BCUT2D eigenvalue weighted by Crippen LogP contribution is -2.20. The Morgan fingerprint density at radius 3 is 2.60 bits per heavy atom. The van der Waals surface area contributed by atoms with Crippen LogP contribution in [0.2, 0.25) is 0 Å². The molecule has 2 aromatic carbocycles. The van der Waals surface area contributed by atoms with Crippen LogP contribution in [0, 0.1) is 0 Å². The summed E-state index contributed by atoms with van der Waals surface area (Å²) in [6.07, 6.45) is 0.972. The van der Waals surface area contributed by atoms with Crippen LogP contribution in [0.4, 0.5) is 0 Å². The SMILES string of the molecule is CCOc1cc(CNCCc2ccccc2)cc(Br)c1OCC(N)=O. The van der Waals surface area contributed by atoms with Crippen LogP contribution >= 0.6 is 15.9 Å². The normalized spacial score (nSPS) is 10.5. The molecule has 25 heavy (non-hydrogen) atoms. The molecule has 0 bridgehead atoms. The van der Waals surface area contributed by atoms with E-state index in [1.807, 2.05) is 37.3 Å². The summed E-state index contributed by atoms with van der Waals surface area (Å²) >= 11 is 3.48. The van der Waals surface area contributed by atoms with Crippen molar-refractivity contribution in [1.29, 1.82) is 0 Å². The van der Waals surface area contributed by atoms with Gasteiger partial charge in [0.25, 0.3) is 5.91 Å². The summed E-state index contributed by atoms with van der Waals surface area (Å²) in [6.45, 7) is 3.81. The fraction of sp³-hybridized carbons (Fsp3) is 0.316. The van der Waals surface area contributed by atoms with Crippen molar-refractivity contribution in [2.24, 2.45) is 5.73 Å². The van der Waals surface area contributed by atoms with Gasteiger partial charge in [-0.05, 0) is 59.1 Å². The number of hydrogen-bond donors (Lipinski definition) is 2. The summed E-state index contributed by atoms with van der Waals surface area (Å²) in [6, 6.07) is 14.2. The number of hydrogen-bond acceptors (Lipinski definition) is 4. The maximum Gasteiger partial charge on any atom is 0.255 e. The van der Waals surface area contributed by atoms with E-state index in [1.165, 1.54) is 5.56 Å². The van der Waals surface area contributed by atoms with E-state index in [-0.39, 0.29) is 6.61 Å². The zero-order valence-corrected chi connectivity index (χ0v) is 15.8. The van der Waals surface area contributed by atoms with Crippen molar-refractivity contribution in [1.82, 2.24) is 5.32 Å². The molecule has 1 amide bonds. The third-order valence-electron chi connectivity index (χ3n) is 3.49. The van der Waals surface area contributed by atoms with Gasteiger partial charge in [0.2, 0.25) is 0 Å². The minimum absolute atomic E-state index is 0.187. The molecule has 2 rings (SSSR count). The molecule has 0 aliphatic carbocycles. The number of nitrogens with two attached hydrogens (primary N) is 1. The van der Waals surface area contributed by atoms with Crippen LogP contribution in [0.3, 0.4) is 0 Å². The molecule has 134 valence electrons. The number of nitrogens with one attached hydrogen (secondary N) is 1. The number of benzene rings is 2. The van der Waals surface area contributed by atoms with Gasteiger partial charge < -0.3 is 20.5 Å². The number of carbonyl (C=O) groups excluding carboxylic acids is 1. The number of amides is 1. The summed E-state index contributed by atoms with van der Waals surface area (Å²) in [5.41, 5.74) is 7.51. The lowest BCUT2D eigenvalue weighted by atomic mass is 10.1. The van der Waals surface area contributed by atoms with Gasteiger partial charge in [-0.1, -0.05) is 30.3 Å². The Bertz CT molecular complexity index is 693. The van der Waals surface area contributed by atoms with Crippen LogP contribution < -0.4 is 20.5 Å². The number of primary amides is 1. The molecule has 0 saturated heterocycles. The van der Waals surface area contributed by atoms with E-state index in [2.05, 4.69) is 33.4 Å². The molecule has 5 nitrogen and oxygen atoms in total. The summed E-state index contributed by atoms with van der Waals surface area (Å²) in [7, 11) is 0. The minimum Gasteiger partial charge on any atom is -0.490 e. The number of carbonyl (C=O) groups is 1. The highest BCUT2D eigenvalue weighted by Gasteiger charge is 2.13. The summed E-state index contributed by atoms with van der Waals surface area (Å²) < 4.78 is 11.8. The second kappa shape index (κ2) is 10.1. The molecular weight excluding hydrogens is 384 g/mol. The molecule has 0 saturated carbocycles. The zero-order chi connectivity index (χ0) is 18.1. The predicted molar refractivity (Wildman–Crippen MR) is 102 cm³/mol. The Kier molecular flexibility index (Phi) is 7.76. The van der Waals surface area contributed by atoms with Gasteiger partial charge in [0.15, 0.2) is 18.1 Å². The van der Waals surface area contributed by atoms with Crippen molar-refractivity contribution < 1.29 is 14.3 Å². The van der Waals surface area contributed by atoms with Crippen LogP contribution in [-0.2, 0) is 17.8 Å². The second-order valence-electron chi connectivity index (χ2n) is 5.51. The predicted octanol–water partition coefficient (Wildman–Crippen LogP) is 3.04. The highest BCUT2D eigenvalue weighted by atomic mass is 79.9. The summed E-state index contributed by atoms with van der Waals surface area (Å²) in [4.78, 5) is 10.9. The largest absolute Gasteiger partial charge is 0.490 e. The maximum atomic E-state index is 10.9. The van der Waals surface area contributed by atoms with E-state index >= 15 is 0 Å². The third-order valence-corrected chi connectivity index (χ3v) is 4.08. The molecule has 0 atom stereocenters. The Balaban J connectivity index is 1.96. The molecule has 0 spiro atoms. The molecule has 6 heteroatoms. The zero-order valence-electron chi connectivity index (χ0n) is 14.3. The van der Waals surface area contributed by atoms with Crippen molar-refractivity contribution in [3.05, 3.63) is 58.1 Å². The summed E-state index contributed by atoms with van der Waals surface area (Å²) in [5.74, 6) is 0.563. The first-order valence-electron chi connectivity index (χ1n) is 8.21. The van der Waals surface area contributed by atoms with Crippen LogP contribution in [-0.4, -0.2) is 25.7 Å². The van der Waals surface area contributed by atoms with E-state index < -0.39 is 5.91 Å². The Morgan fingerprint density at radius 1 is 1.16 bits per heavy atom. The van der Waals surface area contributed by atoms with Gasteiger partial charge in [0.1, 0.15) is 0 Å². The Labute approximate surface area is 156 Å². The molecule has 0 aromatic heterocycles. The van der Waals surface area contributed by atoms with Gasteiger partial charge in [-0.15, -0.1) is 0 Å². The molecule has 0 fully saturated rings. The Morgan fingerprint density at radius 2 is 1.92 bits per heavy atom. The minimum atomic E-state index is -0.527. The van der Waals surface area contributed by atoms with Crippen molar-refractivity contribution in [3.63, 3.8) is 0 Å². The van der Waals surface area contributed by atoms with Gasteiger partial charge >= 0.3 is 0 Å². The van der Waals surface area contributed by atoms with Crippen LogP contribution in [0.5, 0.6) is 11.5 Å². The van der Waals surface area contributed by atoms with Crippen molar-refractivity contribution in [3.8, 4) is 11.5 Å². The van der Waals surface area contributed by atoms with E-state index in [9.17, 15) is 4.79 Å². The van der Waals surface area contributed by atoms with Gasteiger partial charge in [0, 0.05) is 6.54 Å². The van der Waals surface area contributed by atoms with E-state index in [1.54, 1.807) is 0 Å². The quantitative estimate of drug-likeness (QED) is 0.594. The first kappa shape index (κ1) is 19.3. The molecule has 3 N–H and O–H groups in total. The van der Waals surface area contributed by atoms with Crippen LogP contribution in [0.1, 0.15) is 18.1 Å². The molecule has 2 aromatic rings. The monoisotopic (exact) mass is 406 g/mol. The molecular formula is C19H23BrN2O3. The first-order chi connectivity index (χ1) is 12.1. The smallest absolute Gasteiger partial charge is 0.255 e. The molecule has 0 radical (unpaired) electrons. The standard InChI is InChI=1S/C19H23BrN2O3/c1-2-24-17-11-15(10-16(20)19(17)25-13-18(21)23)12-22-9-8-14-6-4-3-5-7-14/h3-7,10-11,22H,2,8-9,12-13H2,1H3,(H2,21,23). The molecule has 0 aliphatic rings. The average molecular weight is 407 g/mol. The first-order valence-corrected chi connectivity index (χ1v) is 9.00. The molecule has 0 heterocycles. The van der Waals surface area contributed by atoms with Gasteiger partial charge in [-0.2, -0.15) is 0 Å². The van der Waals surface area contributed by atoms with Crippen molar-refractivity contribution >= 4 is 21.8 Å². The Hall–Kier alpha value is -2.05. The van der Waals surface area contributed by atoms with E-state index in [4.69, 9.17) is 15.2 Å². The highest BCUT2D eigenvalue weighted by molar-refractivity contribution is 9.10.